The molecule has 4 heteroatoms. The van der Waals surface area contributed by atoms with E-state index in [0.29, 0.717) is 18.1 Å². The predicted octanol–water partition coefficient (Wildman–Crippen LogP) is 3.68. The highest BCUT2D eigenvalue weighted by Crippen LogP contribution is 2.15. The number of carbonyl (C=O) groups excluding carboxylic acids is 1. The van der Waals surface area contributed by atoms with E-state index >= 15 is 0 Å². The van der Waals surface area contributed by atoms with Gasteiger partial charge in [-0.25, -0.2) is 0 Å². The standard InChI is InChI=1S/C17H20N2O2/c1-12(2)11-21-16-6-4-14(5-7-16)17(20)19-15-8-9-18-13(3)10-15/h4-10,12H,11H2,1-3H3,(H,18,19,20). The summed E-state index contributed by atoms with van der Waals surface area (Å²) in [4.78, 5) is 16.2. The van der Waals surface area contributed by atoms with Crippen LogP contribution in [0.4, 0.5) is 5.69 Å². The number of anilines is 1. The van der Waals surface area contributed by atoms with E-state index < -0.39 is 0 Å². The average molecular weight is 284 g/mol. The lowest BCUT2D eigenvalue weighted by atomic mass is 10.2. The van der Waals surface area contributed by atoms with E-state index in [1.54, 1.807) is 24.4 Å². The fourth-order valence-electron chi connectivity index (χ4n) is 1.79. The molecule has 0 unspecified atom stereocenters. The highest BCUT2D eigenvalue weighted by atomic mass is 16.5. The monoisotopic (exact) mass is 284 g/mol. The number of amides is 1. The van der Waals surface area contributed by atoms with Gasteiger partial charge in [-0.3, -0.25) is 9.78 Å². The van der Waals surface area contributed by atoms with Crippen molar-refractivity contribution in [2.45, 2.75) is 20.8 Å². The van der Waals surface area contributed by atoms with Crippen molar-refractivity contribution < 1.29 is 9.53 Å². The van der Waals surface area contributed by atoms with Crippen LogP contribution in [-0.2, 0) is 0 Å². The third-order valence-corrected chi connectivity index (χ3v) is 2.85. The fraction of sp³-hybridized carbons (Fsp3) is 0.294. The van der Waals surface area contributed by atoms with Gasteiger partial charge in [0.1, 0.15) is 5.75 Å². The summed E-state index contributed by atoms with van der Waals surface area (Å²) in [6.07, 6.45) is 1.67. The van der Waals surface area contributed by atoms with Gasteiger partial charge in [0, 0.05) is 23.1 Å². The number of aromatic nitrogens is 1. The smallest absolute Gasteiger partial charge is 0.255 e. The molecule has 2 rings (SSSR count). The van der Waals surface area contributed by atoms with Gasteiger partial charge < -0.3 is 10.1 Å². The number of pyridine rings is 1. The topological polar surface area (TPSA) is 51.2 Å². The van der Waals surface area contributed by atoms with E-state index in [4.69, 9.17) is 4.74 Å². The van der Waals surface area contributed by atoms with E-state index in [1.807, 2.05) is 25.1 Å². The van der Waals surface area contributed by atoms with Crippen LogP contribution in [-0.4, -0.2) is 17.5 Å². The molecule has 0 saturated heterocycles. The van der Waals surface area contributed by atoms with Crippen LogP contribution in [0, 0.1) is 12.8 Å². The maximum absolute atomic E-state index is 12.1. The van der Waals surface area contributed by atoms with Gasteiger partial charge in [0.05, 0.1) is 6.61 Å². The van der Waals surface area contributed by atoms with Crippen molar-refractivity contribution in [1.29, 1.82) is 0 Å². The van der Waals surface area contributed by atoms with E-state index in [2.05, 4.69) is 24.1 Å². The van der Waals surface area contributed by atoms with Crippen LogP contribution in [0.5, 0.6) is 5.75 Å². The summed E-state index contributed by atoms with van der Waals surface area (Å²) in [7, 11) is 0. The first-order chi connectivity index (χ1) is 10.0. The lowest BCUT2D eigenvalue weighted by molar-refractivity contribution is 0.102. The van der Waals surface area contributed by atoms with Gasteiger partial charge in [-0.05, 0) is 49.2 Å². The van der Waals surface area contributed by atoms with Crippen molar-refractivity contribution in [1.82, 2.24) is 4.98 Å². The molecular formula is C17H20N2O2. The molecule has 0 aliphatic carbocycles. The van der Waals surface area contributed by atoms with Crippen molar-refractivity contribution in [3.63, 3.8) is 0 Å². The second kappa shape index (κ2) is 6.88. The predicted molar refractivity (Wildman–Crippen MR) is 83.7 cm³/mol. The van der Waals surface area contributed by atoms with Gasteiger partial charge in [-0.15, -0.1) is 0 Å². The van der Waals surface area contributed by atoms with Crippen molar-refractivity contribution in [3.05, 3.63) is 53.9 Å². The third kappa shape index (κ3) is 4.60. The average Bonchev–Trinajstić information content (AvgIpc) is 2.45. The summed E-state index contributed by atoms with van der Waals surface area (Å²) in [5, 5.41) is 2.85. The summed E-state index contributed by atoms with van der Waals surface area (Å²) in [6, 6.07) is 10.8. The molecule has 110 valence electrons. The molecule has 0 aliphatic heterocycles. The van der Waals surface area contributed by atoms with Crippen molar-refractivity contribution in [2.75, 3.05) is 11.9 Å². The number of nitrogens with zero attached hydrogens (tertiary/aromatic N) is 1. The number of hydrogen-bond acceptors (Lipinski definition) is 3. The minimum absolute atomic E-state index is 0.143. The highest BCUT2D eigenvalue weighted by Gasteiger charge is 2.06. The molecule has 21 heavy (non-hydrogen) atoms. The highest BCUT2D eigenvalue weighted by molar-refractivity contribution is 6.04. The van der Waals surface area contributed by atoms with Crippen molar-refractivity contribution >= 4 is 11.6 Å². The van der Waals surface area contributed by atoms with Gasteiger partial charge in [0.25, 0.3) is 5.91 Å². The van der Waals surface area contributed by atoms with Gasteiger partial charge >= 0.3 is 0 Å². The zero-order valence-corrected chi connectivity index (χ0v) is 12.6. The molecular weight excluding hydrogens is 264 g/mol. The molecule has 0 atom stereocenters. The van der Waals surface area contributed by atoms with Crippen molar-refractivity contribution in [2.24, 2.45) is 5.92 Å². The maximum atomic E-state index is 12.1. The van der Waals surface area contributed by atoms with Crippen LogP contribution >= 0.6 is 0 Å². The van der Waals surface area contributed by atoms with Gasteiger partial charge in [0.2, 0.25) is 0 Å². The van der Waals surface area contributed by atoms with Crippen LogP contribution in [0.25, 0.3) is 0 Å². The molecule has 0 saturated carbocycles. The van der Waals surface area contributed by atoms with E-state index in [9.17, 15) is 4.79 Å². The number of ether oxygens (including phenoxy) is 1. The first-order valence-electron chi connectivity index (χ1n) is 7.01. The summed E-state index contributed by atoms with van der Waals surface area (Å²) < 4.78 is 5.60. The Morgan fingerprint density at radius 3 is 2.57 bits per heavy atom. The van der Waals surface area contributed by atoms with E-state index in [0.717, 1.165) is 17.1 Å². The summed E-state index contributed by atoms with van der Waals surface area (Å²) in [6.45, 7) is 6.75. The Morgan fingerprint density at radius 2 is 1.95 bits per heavy atom. The molecule has 0 fully saturated rings. The molecule has 1 aromatic heterocycles. The second-order valence-corrected chi connectivity index (χ2v) is 5.37. The second-order valence-electron chi connectivity index (χ2n) is 5.37. The van der Waals surface area contributed by atoms with Crippen LogP contribution in [0.1, 0.15) is 29.9 Å². The molecule has 0 aliphatic rings. The summed E-state index contributed by atoms with van der Waals surface area (Å²) in [5.74, 6) is 1.11. The van der Waals surface area contributed by atoms with Crippen LogP contribution in [0.2, 0.25) is 0 Å². The summed E-state index contributed by atoms with van der Waals surface area (Å²) >= 11 is 0. The molecule has 1 N–H and O–H groups in total. The van der Waals surface area contributed by atoms with Gasteiger partial charge in [-0.1, -0.05) is 13.8 Å². The van der Waals surface area contributed by atoms with Gasteiger partial charge in [-0.2, -0.15) is 0 Å². The zero-order valence-electron chi connectivity index (χ0n) is 12.6. The number of nitrogens with one attached hydrogen (secondary N) is 1. The Bertz CT molecular complexity index is 606. The molecule has 2 aromatic rings. The Balaban J connectivity index is 1.99. The van der Waals surface area contributed by atoms with Crippen LogP contribution in [0.3, 0.4) is 0 Å². The van der Waals surface area contributed by atoms with E-state index in [1.165, 1.54) is 0 Å². The lowest BCUT2D eigenvalue weighted by Crippen LogP contribution is -2.12. The Kier molecular flexibility index (Phi) is 4.93. The molecule has 0 radical (unpaired) electrons. The summed E-state index contributed by atoms with van der Waals surface area (Å²) in [5.41, 5.74) is 2.21. The molecule has 4 nitrogen and oxygen atoms in total. The first-order valence-corrected chi connectivity index (χ1v) is 7.01. The molecule has 1 aromatic carbocycles. The molecule has 1 amide bonds. The Morgan fingerprint density at radius 1 is 1.24 bits per heavy atom. The maximum Gasteiger partial charge on any atom is 0.255 e. The molecule has 0 bridgehead atoms. The zero-order chi connectivity index (χ0) is 15.2. The van der Waals surface area contributed by atoms with Crippen LogP contribution in [0.15, 0.2) is 42.6 Å². The largest absolute Gasteiger partial charge is 0.493 e. The normalized spacial score (nSPS) is 10.5. The van der Waals surface area contributed by atoms with Crippen molar-refractivity contribution in [3.8, 4) is 5.75 Å². The lowest BCUT2D eigenvalue weighted by Gasteiger charge is -2.09. The number of carbonyl (C=O) groups is 1. The van der Waals surface area contributed by atoms with E-state index in [-0.39, 0.29) is 5.91 Å². The fourth-order valence-corrected chi connectivity index (χ4v) is 1.79. The molecule has 1 heterocycles. The van der Waals surface area contributed by atoms with Crippen LogP contribution < -0.4 is 10.1 Å². The number of hydrogen-bond donors (Lipinski definition) is 1. The first kappa shape index (κ1) is 15.0. The minimum Gasteiger partial charge on any atom is -0.493 e. The third-order valence-electron chi connectivity index (χ3n) is 2.85. The van der Waals surface area contributed by atoms with Gasteiger partial charge in [0.15, 0.2) is 0 Å². The minimum atomic E-state index is -0.143. The SMILES string of the molecule is Cc1cc(NC(=O)c2ccc(OCC(C)C)cc2)ccn1. The number of rotatable bonds is 5. The number of benzene rings is 1. The Hall–Kier alpha value is -2.36. The molecule has 0 spiro atoms. The quantitative estimate of drug-likeness (QED) is 0.911. The Labute approximate surface area is 125 Å². The number of aryl methyl sites for hydroxylation is 1.